The molecule has 0 unspecified atom stereocenters. The summed E-state index contributed by atoms with van der Waals surface area (Å²) in [5.74, 6) is 0.411. The Bertz CT molecular complexity index is 1110. The molecule has 1 saturated heterocycles. The molecule has 1 aliphatic rings. The average molecular weight is 481 g/mol. The van der Waals surface area contributed by atoms with Gasteiger partial charge in [-0.3, -0.25) is 9.47 Å². The first-order chi connectivity index (χ1) is 15.9. The first-order valence-electron chi connectivity index (χ1n) is 10.5. The minimum absolute atomic E-state index is 0.0304. The number of thioether (sulfide) groups is 1. The maximum absolute atomic E-state index is 13.8. The summed E-state index contributed by atoms with van der Waals surface area (Å²) in [5, 5.41) is 8.73. The number of benzene rings is 1. The average Bonchev–Trinajstić information content (AvgIpc) is 3.44. The molecule has 176 valence electrons. The van der Waals surface area contributed by atoms with Gasteiger partial charge in [0.1, 0.15) is 11.3 Å². The molecule has 0 amide bonds. The number of carbonyl (C=O) groups excluding carboxylic acids is 1. The van der Waals surface area contributed by atoms with Crippen LogP contribution in [0.25, 0.3) is 5.69 Å². The number of ether oxygens (including phenoxy) is 1. The molecule has 1 aliphatic heterocycles. The quantitative estimate of drug-likeness (QED) is 0.350. The molecular weight excluding hydrogens is 457 g/mol. The number of likely N-dealkylation sites (tertiary alicyclic amines) is 1. The van der Waals surface area contributed by atoms with Crippen molar-refractivity contribution in [1.82, 2.24) is 19.7 Å². The summed E-state index contributed by atoms with van der Waals surface area (Å²) in [6, 6.07) is 6.89. The first-order valence-corrected chi connectivity index (χ1v) is 11.5. The van der Waals surface area contributed by atoms with Gasteiger partial charge in [-0.1, -0.05) is 30.3 Å². The van der Waals surface area contributed by atoms with Gasteiger partial charge >= 0.3 is 12.1 Å². The van der Waals surface area contributed by atoms with Crippen molar-refractivity contribution in [2.75, 3.05) is 20.2 Å². The van der Waals surface area contributed by atoms with Crippen molar-refractivity contribution < 1.29 is 27.1 Å². The lowest BCUT2D eigenvalue weighted by molar-refractivity contribution is -0.137. The number of carbonyl (C=O) groups is 1. The van der Waals surface area contributed by atoms with Crippen LogP contribution in [0.3, 0.4) is 0 Å². The Morgan fingerprint density at radius 1 is 1.15 bits per heavy atom. The molecule has 0 bridgehead atoms. The van der Waals surface area contributed by atoms with E-state index in [0.717, 1.165) is 50.2 Å². The number of hydrogen-bond donors (Lipinski definition) is 0. The lowest BCUT2D eigenvalue weighted by Crippen LogP contribution is -2.30. The Balaban J connectivity index is 1.69. The van der Waals surface area contributed by atoms with Gasteiger partial charge in [-0.2, -0.15) is 13.2 Å². The summed E-state index contributed by atoms with van der Waals surface area (Å²) in [4.78, 5) is 14.1. The van der Waals surface area contributed by atoms with Gasteiger partial charge < -0.3 is 9.15 Å². The second-order valence-corrected chi connectivity index (χ2v) is 8.57. The second kappa shape index (κ2) is 10.0. The van der Waals surface area contributed by atoms with Crippen LogP contribution in [0.2, 0.25) is 0 Å². The number of alkyl halides is 3. The van der Waals surface area contributed by atoms with E-state index in [1.54, 1.807) is 6.07 Å². The van der Waals surface area contributed by atoms with Crippen molar-refractivity contribution in [1.29, 1.82) is 0 Å². The molecular formula is C22H23F3N4O3S. The predicted molar refractivity (Wildman–Crippen MR) is 115 cm³/mol. The Morgan fingerprint density at radius 2 is 1.91 bits per heavy atom. The molecule has 3 heterocycles. The van der Waals surface area contributed by atoms with E-state index in [1.165, 1.54) is 36.1 Å². The van der Waals surface area contributed by atoms with Gasteiger partial charge in [-0.25, -0.2) is 4.79 Å². The maximum Gasteiger partial charge on any atom is 0.418 e. The molecule has 0 radical (unpaired) electrons. The number of para-hydroxylation sites is 1. The number of methoxy groups -OCH3 is 1. The van der Waals surface area contributed by atoms with E-state index in [0.29, 0.717) is 18.1 Å². The topological polar surface area (TPSA) is 73.4 Å². The highest BCUT2D eigenvalue weighted by molar-refractivity contribution is 7.98. The molecule has 4 rings (SSSR count). The summed E-state index contributed by atoms with van der Waals surface area (Å²) < 4.78 is 53.0. The lowest BCUT2D eigenvalue weighted by Gasteiger charge is -2.26. The summed E-state index contributed by atoms with van der Waals surface area (Å²) in [5.41, 5.74) is -0.530. The minimum atomic E-state index is -4.54. The minimum Gasteiger partial charge on any atom is -0.468 e. The van der Waals surface area contributed by atoms with E-state index in [9.17, 15) is 18.0 Å². The van der Waals surface area contributed by atoms with Gasteiger partial charge in [0, 0.05) is 0 Å². The number of rotatable bonds is 7. The van der Waals surface area contributed by atoms with Crippen molar-refractivity contribution in [2.45, 2.75) is 42.9 Å². The highest BCUT2D eigenvalue weighted by Gasteiger charge is 2.35. The normalized spacial score (nSPS) is 15.0. The van der Waals surface area contributed by atoms with E-state index >= 15 is 0 Å². The number of piperidine rings is 1. The molecule has 0 aliphatic carbocycles. The molecule has 0 N–H and O–H groups in total. The third-order valence-electron chi connectivity index (χ3n) is 5.45. The zero-order valence-electron chi connectivity index (χ0n) is 18.0. The Labute approximate surface area is 192 Å². The van der Waals surface area contributed by atoms with Gasteiger partial charge in [0.15, 0.2) is 11.0 Å². The maximum atomic E-state index is 13.8. The molecule has 33 heavy (non-hydrogen) atoms. The fourth-order valence-electron chi connectivity index (χ4n) is 3.84. The molecule has 2 aromatic heterocycles. The monoisotopic (exact) mass is 480 g/mol. The Morgan fingerprint density at radius 3 is 2.64 bits per heavy atom. The number of hydrogen-bond acceptors (Lipinski definition) is 7. The number of furan rings is 1. The Kier molecular flexibility index (Phi) is 7.08. The fraction of sp³-hybridized carbons (Fsp3) is 0.409. The lowest BCUT2D eigenvalue weighted by atomic mass is 10.1. The standard InChI is InChI=1S/C22H23F3N4O3S/c1-31-20(30)15-9-12-32-18(15)14-33-21-27-26-19(13-28-10-5-2-6-11-28)29(21)17-8-4-3-7-16(17)22(23,24)25/h3-4,7-9,12H,2,5-6,10-11,13-14H2,1H3. The number of esters is 1. The number of halogens is 3. The van der Waals surface area contributed by atoms with Crippen LogP contribution in [-0.4, -0.2) is 45.8 Å². The van der Waals surface area contributed by atoms with Crippen LogP contribution in [0.4, 0.5) is 13.2 Å². The summed E-state index contributed by atoms with van der Waals surface area (Å²) in [6.45, 7) is 2.13. The van der Waals surface area contributed by atoms with Crippen molar-refractivity contribution >= 4 is 17.7 Å². The molecule has 3 aromatic rings. The third kappa shape index (κ3) is 5.25. The number of aromatic nitrogens is 3. The van der Waals surface area contributed by atoms with Gasteiger partial charge in [0.2, 0.25) is 0 Å². The van der Waals surface area contributed by atoms with Crippen molar-refractivity contribution in [3.63, 3.8) is 0 Å². The van der Waals surface area contributed by atoms with Crippen molar-refractivity contribution in [2.24, 2.45) is 0 Å². The van der Waals surface area contributed by atoms with E-state index < -0.39 is 17.7 Å². The largest absolute Gasteiger partial charge is 0.468 e. The highest BCUT2D eigenvalue weighted by atomic mass is 32.2. The van der Waals surface area contributed by atoms with Crippen LogP contribution >= 0.6 is 11.8 Å². The summed E-state index contributed by atoms with van der Waals surface area (Å²) in [7, 11) is 1.27. The molecule has 0 atom stereocenters. The second-order valence-electron chi connectivity index (χ2n) is 7.62. The van der Waals surface area contributed by atoms with Crippen LogP contribution in [0.5, 0.6) is 0 Å². The molecule has 0 spiro atoms. The highest BCUT2D eigenvalue weighted by Crippen LogP contribution is 2.36. The van der Waals surface area contributed by atoms with E-state index in [1.807, 2.05) is 0 Å². The van der Waals surface area contributed by atoms with Crippen LogP contribution in [0.15, 0.2) is 46.2 Å². The molecule has 1 fully saturated rings. The Hall–Kier alpha value is -2.79. The van der Waals surface area contributed by atoms with Crippen LogP contribution in [0, 0.1) is 0 Å². The molecule has 1 aromatic carbocycles. The smallest absolute Gasteiger partial charge is 0.418 e. The SMILES string of the molecule is COC(=O)c1ccoc1CSc1nnc(CN2CCCCC2)n1-c1ccccc1C(F)(F)F. The third-order valence-corrected chi connectivity index (χ3v) is 6.38. The molecule has 11 heteroatoms. The van der Waals surface area contributed by atoms with Gasteiger partial charge in [-0.05, 0) is 44.1 Å². The van der Waals surface area contributed by atoms with Crippen molar-refractivity contribution in [3.05, 3.63) is 59.3 Å². The van der Waals surface area contributed by atoms with E-state index in [2.05, 4.69) is 15.1 Å². The van der Waals surface area contributed by atoms with Gasteiger partial charge in [-0.15, -0.1) is 10.2 Å². The van der Waals surface area contributed by atoms with E-state index in [-0.39, 0.29) is 22.2 Å². The zero-order valence-corrected chi connectivity index (χ0v) is 18.8. The summed E-state index contributed by atoms with van der Waals surface area (Å²) in [6.07, 6.45) is 0.0676. The fourth-order valence-corrected chi connectivity index (χ4v) is 4.75. The van der Waals surface area contributed by atoms with Crippen LogP contribution in [0.1, 0.15) is 46.8 Å². The van der Waals surface area contributed by atoms with Crippen LogP contribution < -0.4 is 0 Å². The molecule has 7 nitrogen and oxygen atoms in total. The van der Waals surface area contributed by atoms with Crippen molar-refractivity contribution in [3.8, 4) is 5.69 Å². The molecule has 0 saturated carbocycles. The zero-order chi connectivity index (χ0) is 23.4. The predicted octanol–water partition coefficient (Wildman–Crippen LogP) is 4.94. The summed E-state index contributed by atoms with van der Waals surface area (Å²) >= 11 is 1.15. The van der Waals surface area contributed by atoms with Crippen LogP contribution in [-0.2, 0) is 23.2 Å². The first kappa shape index (κ1) is 23.4. The van der Waals surface area contributed by atoms with Gasteiger partial charge in [0.05, 0.1) is 36.9 Å². The van der Waals surface area contributed by atoms with E-state index in [4.69, 9.17) is 9.15 Å². The van der Waals surface area contributed by atoms with Gasteiger partial charge in [0.25, 0.3) is 0 Å². The number of nitrogens with zero attached hydrogens (tertiary/aromatic N) is 4.